The first-order valence-corrected chi connectivity index (χ1v) is 7.43. The number of nitrogens with zero attached hydrogens (tertiary/aromatic N) is 3. The third-order valence-corrected chi connectivity index (χ3v) is 4.56. The number of anilines is 2. The van der Waals surface area contributed by atoms with Gasteiger partial charge in [-0.1, -0.05) is 12.8 Å². The average Bonchev–Trinajstić information content (AvgIpc) is 3.07. The zero-order chi connectivity index (χ0) is 15.0. The van der Waals surface area contributed by atoms with Crippen molar-refractivity contribution in [3.63, 3.8) is 0 Å². The van der Waals surface area contributed by atoms with Crippen LogP contribution in [0.2, 0.25) is 0 Å². The Morgan fingerprint density at radius 3 is 2.48 bits per heavy atom. The lowest BCUT2D eigenvalue weighted by molar-refractivity contribution is -0.141. The Morgan fingerprint density at radius 1 is 1.10 bits per heavy atom. The van der Waals surface area contributed by atoms with E-state index in [1.54, 1.807) is 0 Å². The van der Waals surface area contributed by atoms with E-state index in [1.165, 1.54) is 12.8 Å². The van der Waals surface area contributed by atoms with Gasteiger partial charge in [-0.25, -0.2) is 4.98 Å². The fraction of sp³-hybridized carbons (Fsp3) is 0.714. The van der Waals surface area contributed by atoms with Gasteiger partial charge in [0.2, 0.25) is 5.95 Å². The minimum atomic E-state index is -4.49. The molecule has 21 heavy (non-hydrogen) atoms. The number of alkyl halides is 3. The number of aromatic nitrogens is 2. The zero-order valence-electron chi connectivity index (χ0n) is 11.7. The van der Waals surface area contributed by atoms with Gasteiger partial charge in [-0.05, 0) is 31.6 Å². The number of nitrogen functional groups attached to an aromatic ring is 1. The fourth-order valence-corrected chi connectivity index (χ4v) is 3.65. The summed E-state index contributed by atoms with van der Waals surface area (Å²) in [6, 6.07) is 1.33. The van der Waals surface area contributed by atoms with Gasteiger partial charge in [0, 0.05) is 18.7 Å². The summed E-state index contributed by atoms with van der Waals surface area (Å²) in [5, 5.41) is 0. The molecule has 0 aromatic carbocycles. The summed E-state index contributed by atoms with van der Waals surface area (Å²) < 4.78 is 38.6. The van der Waals surface area contributed by atoms with Crippen LogP contribution in [0, 0.1) is 5.92 Å². The second kappa shape index (κ2) is 5.35. The summed E-state index contributed by atoms with van der Waals surface area (Å²) in [4.78, 5) is 9.36. The van der Waals surface area contributed by atoms with Gasteiger partial charge in [-0.3, -0.25) is 0 Å². The van der Waals surface area contributed by atoms with Crippen molar-refractivity contribution >= 4 is 11.8 Å². The first-order valence-electron chi connectivity index (χ1n) is 7.43. The van der Waals surface area contributed by atoms with Crippen LogP contribution in [0.15, 0.2) is 6.07 Å². The average molecular weight is 300 g/mol. The summed E-state index contributed by atoms with van der Waals surface area (Å²) in [5.41, 5.74) is 4.52. The predicted octanol–water partition coefficient (Wildman–Crippen LogP) is 3.24. The van der Waals surface area contributed by atoms with Crippen LogP contribution in [0.25, 0.3) is 0 Å². The van der Waals surface area contributed by atoms with Gasteiger partial charge in [-0.2, -0.15) is 18.2 Å². The lowest BCUT2D eigenvalue weighted by Crippen LogP contribution is -2.35. The van der Waals surface area contributed by atoms with E-state index in [0.29, 0.717) is 17.8 Å². The molecule has 1 saturated heterocycles. The summed E-state index contributed by atoms with van der Waals surface area (Å²) in [6.07, 6.45) is 2.28. The highest BCUT2D eigenvalue weighted by Crippen LogP contribution is 2.38. The Kier molecular flexibility index (Phi) is 3.67. The molecule has 1 saturated carbocycles. The standard InChI is InChI=1S/C14H19F3N4/c15-14(16,17)11-8-12(20-13(18)19-11)21-7-3-6-10(21)9-4-1-2-5-9/h8-10H,1-7H2,(H2,18,19,20). The molecule has 0 spiro atoms. The molecule has 1 aromatic heterocycles. The second-order valence-electron chi connectivity index (χ2n) is 5.91. The number of rotatable bonds is 2. The SMILES string of the molecule is Nc1nc(N2CCCC2C2CCCC2)cc(C(F)(F)F)n1. The lowest BCUT2D eigenvalue weighted by Gasteiger charge is -2.30. The van der Waals surface area contributed by atoms with Crippen LogP contribution in [-0.4, -0.2) is 22.6 Å². The minimum absolute atomic E-state index is 0.294. The molecule has 2 heterocycles. The van der Waals surface area contributed by atoms with Crippen LogP contribution >= 0.6 is 0 Å². The topological polar surface area (TPSA) is 55.0 Å². The zero-order valence-corrected chi connectivity index (χ0v) is 11.7. The molecular formula is C14H19F3N4. The maximum Gasteiger partial charge on any atom is 0.433 e. The summed E-state index contributed by atoms with van der Waals surface area (Å²) >= 11 is 0. The van der Waals surface area contributed by atoms with E-state index in [9.17, 15) is 13.2 Å². The quantitative estimate of drug-likeness (QED) is 0.911. The highest BCUT2D eigenvalue weighted by molar-refractivity contribution is 5.46. The van der Waals surface area contributed by atoms with Gasteiger partial charge >= 0.3 is 6.18 Å². The molecule has 2 aliphatic rings. The molecule has 1 unspecified atom stereocenters. The molecule has 1 aromatic rings. The first kappa shape index (κ1) is 14.4. The number of hydrogen-bond acceptors (Lipinski definition) is 4. The molecule has 1 aliphatic heterocycles. The third kappa shape index (κ3) is 2.91. The Hall–Kier alpha value is -1.53. The van der Waals surface area contributed by atoms with Crippen molar-refractivity contribution in [1.82, 2.24) is 9.97 Å². The lowest BCUT2D eigenvalue weighted by atomic mass is 9.96. The van der Waals surface area contributed by atoms with Gasteiger partial charge in [0.05, 0.1) is 0 Å². The largest absolute Gasteiger partial charge is 0.433 e. The maximum atomic E-state index is 12.9. The minimum Gasteiger partial charge on any atom is -0.368 e. The Balaban J connectivity index is 1.90. The van der Waals surface area contributed by atoms with Crippen LogP contribution in [0.3, 0.4) is 0 Å². The molecule has 116 valence electrons. The van der Waals surface area contributed by atoms with Crippen LogP contribution in [0.5, 0.6) is 0 Å². The Morgan fingerprint density at radius 2 is 1.81 bits per heavy atom. The molecule has 3 rings (SSSR count). The summed E-state index contributed by atoms with van der Waals surface area (Å²) in [7, 11) is 0. The number of halogens is 3. The van der Waals surface area contributed by atoms with E-state index in [0.717, 1.165) is 38.3 Å². The molecule has 4 nitrogen and oxygen atoms in total. The fourth-order valence-electron chi connectivity index (χ4n) is 3.65. The second-order valence-corrected chi connectivity index (χ2v) is 5.91. The van der Waals surface area contributed by atoms with Crippen molar-refractivity contribution in [3.8, 4) is 0 Å². The molecule has 7 heteroatoms. The third-order valence-electron chi connectivity index (χ3n) is 4.56. The van der Waals surface area contributed by atoms with E-state index >= 15 is 0 Å². The highest BCUT2D eigenvalue weighted by atomic mass is 19.4. The molecule has 0 bridgehead atoms. The van der Waals surface area contributed by atoms with Crippen molar-refractivity contribution in [2.45, 2.75) is 50.7 Å². The van der Waals surface area contributed by atoms with Crippen LogP contribution in [0.1, 0.15) is 44.2 Å². The summed E-state index contributed by atoms with van der Waals surface area (Å²) in [6.45, 7) is 0.745. The van der Waals surface area contributed by atoms with Crippen LogP contribution < -0.4 is 10.6 Å². The molecule has 2 N–H and O–H groups in total. The number of nitrogens with two attached hydrogens (primary N) is 1. The van der Waals surface area contributed by atoms with Crippen molar-refractivity contribution in [2.75, 3.05) is 17.2 Å². The van der Waals surface area contributed by atoms with Crippen LogP contribution in [0.4, 0.5) is 24.9 Å². The van der Waals surface area contributed by atoms with E-state index in [1.807, 2.05) is 4.90 Å². The van der Waals surface area contributed by atoms with E-state index in [4.69, 9.17) is 5.73 Å². The predicted molar refractivity (Wildman–Crippen MR) is 73.8 cm³/mol. The van der Waals surface area contributed by atoms with E-state index in [2.05, 4.69) is 9.97 Å². The molecule has 1 aliphatic carbocycles. The summed E-state index contributed by atoms with van der Waals surface area (Å²) in [5.74, 6) is 0.583. The Labute approximate surface area is 121 Å². The van der Waals surface area contributed by atoms with Gasteiger partial charge in [0.25, 0.3) is 0 Å². The molecule has 0 radical (unpaired) electrons. The van der Waals surface area contributed by atoms with Gasteiger partial charge in [0.15, 0.2) is 5.69 Å². The molecule has 1 atom stereocenters. The van der Waals surface area contributed by atoms with Crippen molar-refractivity contribution in [1.29, 1.82) is 0 Å². The number of hydrogen-bond donors (Lipinski definition) is 1. The first-order chi connectivity index (χ1) is 9.95. The molecule has 0 amide bonds. The maximum absolute atomic E-state index is 12.9. The highest BCUT2D eigenvalue weighted by Gasteiger charge is 2.37. The van der Waals surface area contributed by atoms with E-state index in [-0.39, 0.29) is 5.95 Å². The molecule has 2 fully saturated rings. The van der Waals surface area contributed by atoms with Gasteiger partial charge < -0.3 is 10.6 Å². The van der Waals surface area contributed by atoms with Crippen molar-refractivity contribution < 1.29 is 13.2 Å². The Bertz CT molecular complexity index is 511. The van der Waals surface area contributed by atoms with Crippen molar-refractivity contribution in [3.05, 3.63) is 11.8 Å². The smallest absolute Gasteiger partial charge is 0.368 e. The monoisotopic (exact) mass is 300 g/mol. The van der Waals surface area contributed by atoms with Crippen molar-refractivity contribution in [2.24, 2.45) is 5.92 Å². The van der Waals surface area contributed by atoms with Gasteiger partial charge in [0.1, 0.15) is 5.82 Å². The van der Waals surface area contributed by atoms with E-state index < -0.39 is 11.9 Å². The van der Waals surface area contributed by atoms with Crippen LogP contribution in [-0.2, 0) is 6.18 Å². The normalized spacial score (nSPS) is 24.0. The molecular weight excluding hydrogens is 281 g/mol. The van der Waals surface area contributed by atoms with Gasteiger partial charge in [-0.15, -0.1) is 0 Å².